The van der Waals surface area contributed by atoms with Gasteiger partial charge in [0.15, 0.2) is 6.29 Å². The summed E-state index contributed by atoms with van der Waals surface area (Å²) in [6, 6.07) is 20.9. The van der Waals surface area contributed by atoms with Gasteiger partial charge in [0.1, 0.15) is 11.6 Å². The number of halogens is 4. The van der Waals surface area contributed by atoms with Crippen LogP contribution in [0.25, 0.3) is 0 Å². The molecule has 4 saturated heterocycles. The van der Waals surface area contributed by atoms with Gasteiger partial charge in [0.05, 0.1) is 61.3 Å². The first-order valence-corrected chi connectivity index (χ1v) is 33.0. The quantitative estimate of drug-likeness (QED) is 0.0541. The van der Waals surface area contributed by atoms with Gasteiger partial charge in [-0.25, -0.2) is 43.6 Å². The molecule has 4 heterocycles. The molecule has 0 bridgehead atoms. The fraction of sp³-hybridized carbons (Fsp3) is 0.441. The summed E-state index contributed by atoms with van der Waals surface area (Å²) >= 11 is 11.1. The molecule has 1 amide bonds. The number of nitrogens with one attached hydrogen (secondary N) is 1. The summed E-state index contributed by atoms with van der Waals surface area (Å²) in [6.07, 6.45) is 4.69. The first kappa shape index (κ1) is 78.5. The maximum atomic E-state index is 13.3. The molecule has 4 fully saturated rings. The first-order chi connectivity index (χ1) is 40.9. The van der Waals surface area contributed by atoms with E-state index in [0.29, 0.717) is 105 Å². The molecular weight excluding hydrogens is 1280 g/mol. The molecule has 4 aliphatic heterocycles. The summed E-state index contributed by atoms with van der Waals surface area (Å²) in [5.41, 5.74) is 8.27. The van der Waals surface area contributed by atoms with Gasteiger partial charge in [-0.3, -0.25) is 4.79 Å². The number of carbonyl (C=O) groups excluding carboxylic acids is 2. The van der Waals surface area contributed by atoms with E-state index in [2.05, 4.69) is 10.1 Å². The third-order valence-electron chi connectivity index (χ3n) is 14.0. The minimum Gasteiger partial charge on any atom is -0.870 e. The molecule has 0 aliphatic carbocycles. The van der Waals surface area contributed by atoms with Gasteiger partial charge in [0, 0.05) is 69.2 Å². The van der Waals surface area contributed by atoms with Crippen molar-refractivity contribution in [3.63, 3.8) is 0 Å². The van der Waals surface area contributed by atoms with E-state index in [1.807, 2.05) is 0 Å². The topological polar surface area (TPSA) is 351 Å². The van der Waals surface area contributed by atoms with Crippen molar-refractivity contribution in [1.29, 1.82) is 0 Å². The number of ether oxygens (including phenoxy) is 2. The molecule has 89 heavy (non-hydrogen) atoms. The van der Waals surface area contributed by atoms with Crippen LogP contribution in [-0.4, -0.2) is 165 Å². The molecule has 9 N–H and O–H groups in total. The van der Waals surface area contributed by atoms with Crippen molar-refractivity contribution in [2.24, 2.45) is 0 Å². The van der Waals surface area contributed by atoms with Gasteiger partial charge in [-0.2, -0.15) is 12.9 Å². The molecule has 22 nitrogen and oxygen atoms in total. The molecule has 0 saturated carbocycles. The van der Waals surface area contributed by atoms with Crippen molar-refractivity contribution >= 4 is 82.5 Å². The van der Waals surface area contributed by atoms with Crippen LogP contribution in [0.1, 0.15) is 118 Å². The fourth-order valence-corrected chi connectivity index (χ4v) is 14.6. The van der Waals surface area contributed by atoms with E-state index in [4.69, 9.17) is 43.9 Å². The van der Waals surface area contributed by atoms with E-state index < -0.39 is 84.2 Å². The van der Waals surface area contributed by atoms with Crippen molar-refractivity contribution in [1.82, 2.24) is 12.9 Å². The number of aromatic carboxylic acids is 1. The van der Waals surface area contributed by atoms with Crippen LogP contribution in [0.3, 0.4) is 0 Å². The number of benzene rings is 5. The van der Waals surface area contributed by atoms with E-state index >= 15 is 0 Å². The second-order valence-corrected chi connectivity index (χ2v) is 27.7. The number of aliphatic hydroxyl groups excluding tert-OH is 4. The number of carbonyl (C=O) groups is 3. The number of aliphatic hydroxyl groups is 4. The second-order valence-electron chi connectivity index (χ2n) is 21.1. The summed E-state index contributed by atoms with van der Waals surface area (Å²) in [5, 5.41) is 49.1. The average Bonchev–Trinajstić information content (AvgIpc) is 2.05. The standard InChI is InChI=1S/C20H22ClFN2O4S.C15H21NO5S.C14H19NO5S.C6H5ClFN.C4H8O2.Na.H2O/c1-13-9-14(20(26)23-15-4-5-19(22)18(21)12-15)11-17(10-13)29(27,28)24-7-2-3-16(25)6-8-24;1-11-8-12(15(18)21-2)10-14(9-11)22(19,20)16-6-3-4-13(17)5-7-16;1-10-7-11(14(17)18)9-13(8-10)21(19,20)15-5-2-3-12(16)4-6-15;7-5-3-4(9)1-2-6(5)8;5-4-2-1-3-6-4;;/h4-5,9-12,16,25H,2-3,6-8H2,1H3,(H,23,26);8-10,13,17H,3-7H2,1-2H3;7-9,12,16H,2-6H2,1H3,(H,17,18);1-3H,9H2;4-5H,1-3H2;;1H2/q;;;;;+1;/p-1. The van der Waals surface area contributed by atoms with Gasteiger partial charge >= 0.3 is 41.5 Å². The predicted octanol–water partition coefficient (Wildman–Crippen LogP) is 5.12. The largest absolute Gasteiger partial charge is 1.00 e. The van der Waals surface area contributed by atoms with Crippen LogP contribution in [0.2, 0.25) is 10.0 Å². The number of hydrogen-bond donors (Lipinski definition) is 7. The van der Waals surface area contributed by atoms with Gasteiger partial charge in [-0.05, 0) is 193 Å². The van der Waals surface area contributed by atoms with Crippen LogP contribution in [-0.2, 0) is 39.5 Å². The van der Waals surface area contributed by atoms with E-state index in [0.717, 1.165) is 25.5 Å². The number of nitrogens with two attached hydrogens (primary N) is 1. The molecule has 4 atom stereocenters. The number of hydrogen-bond acceptors (Lipinski definition) is 17. The SMILES string of the molecule is COC(=O)c1cc(C)cc(S(=O)(=O)N2CCCC(O)CC2)c1.Cc1cc(C(=O)Nc2ccc(F)c(Cl)c2)cc(S(=O)(=O)N2CCCC(O)CC2)c1.Cc1cc(C(=O)O)cc(S(=O)(=O)N2CCCC(O)CC2)c1.Nc1ccc(F)c(Cl)c1.OC1CCCO1.[Na+].[OH-]. The van der Waals surface area contributed by atoms with E-state index in [-0.39, 0.29) is 96.1 Å². The normalized spacial score (nSPS) is 19.2. The Morgan fingerprint density at radius 1 is 0.562 bits per heavy atom. The Balaban J connectivity index is 0.000000311. The van der Waals surface area contributed by atoms with Gasteiger partial charge in [0.25, 0.3) is 5.91 Å². The van der Waals surface area contributed by atoms with E-state index in [9.17, 15) is 63.7 Å². The number of esters is 1. The Morgan fingerprint density at radius 2 is 0.955 bits per heavy atom. The number of anilines is 2. The van der Waals surface area contributed by atoms with Crippen molar-refractivity contribution in [3.05, 3.63) is 146 Å². The zero-order valence-electron chi connectivity index (χ0n) is 50.0. The van der Waals surface area contributed by atoms with Crippen LogP contribution in [0.4, 0.5) is 20.2 Å². The number of nitrogen functional groups attached to an aromatic ring is 1. The summed E-state index contributed by atoms with van der Waals surface area (Å²) in [5.74, 6) is -3.28. The zero-order chi connectivity index (χ0) is 64.4. The van der Waals surface area contributed by atoms with Crippen LogP contribution >= 0.6 is 23.2 Å². The summed E-state index contributed by atoms with van der Waals surface area (Å²) in [6.45, 7) is 7.64. The molecule has 0 spiro atoms. The predicted molar refractivity (Wildman–Crippen MR) is 326 cm³/mol. The Bertz CT molecular complexity index is 3540. The molecule has 4 unspecified atom stereocenters. The third-order valence-corrected chi connectivity index (χ3v) is 20.2. The Morgan fingerprint density at radius 3 is 1.31 bits per heavy atom. The Labute approximate surface area is 550 Å². The molecule has 9 rings (SSSR count). The maximum absolute atomic E-state index is 13.3. The van der Waals surface area contributed by atoms with Crippen molar-refractivity contribution in [2.75, 3.05) is 64.0 Å². The smallest absolute Gasteiger partial charge is 0.870 e. The number of methoxy groups -OCH3 is 1. The number of aryl methyl sites for hydroxylation is 3. The summed E-state index contributed by atoms with van der Waals surface area (Å²) < 4.78 is 116. The van der Waals surface area contributed by atoms with Crippen molar-refractivity contribution in [2.45, 2.75) is 131 Å². The number of carboxylic acid groups (broad SMARTS) is 1. The number of amides is 1. The molecule has 5 aromatic carbocycles. The van der Waals surface area contributed by atoms with Crippen LogP contribution in [0.15, 0.2) is 106 Å². The van der Waals surface area contributed by atoms with Crippen LogP contribution < -0.4 is 40.6 Å². The maximum Gasteiger partial charge on any atom is 1.00 e. The minimum atomic E-state index is -3.80. The number of sulfonamides is 3. The number of nitrogens with zero attached hydrogens (tertiary/aromatic N) is 3. The van der Waals surface area contributed by atoms with E-state index in [1.165, 1.54) is 86.8 Å². The molecule has 30 heteroatoms. The van der Waals surface area contributed by atoms with Gasteiger partial charge in [0.2, 0.25) is 30.1 Å². The Hall–Kier alpha value is -4.76. The fourth-order valence-electron chi connectivity index (χ4n) is 9.36. The van der Waals surface area contributed by atoms with Crippen LogP contribution in [0.5, 0.6) is 0 Å². The summed E-state index contributed by atoms with van der Waals surface area (Å²) in [4.78, 5) is 35.5. The van der Waals surface area contributed by atoms with Crippen molar-refractivity contribution in [3.8, 4) is 0 Å². The molecular formula is C59H76Cl2F2N5NaO17S3. The molecule has 486 valence electrons. The zero-order valence-corrected chi connectivity index (χ0v) is 56.0. The Kier molecular flexibility index (Phi) is 32.2. The molecule has 0 aromatic heterocycles. The number of rotatable bonds is 10. The molecule has 0 radical (unpaired) electrons. The van der Waals surface area contributed by atoms with E-state index in [1.54, 1.807) is 39.0 Å². The molecule has 5 aromatic rings. The van der Waals surface area contributed by atoms with Crippen LogP contribution in [0, 0.1) is 32.4 Å². The number of carboxylic acids is 1. The second kappa shape index (κ2) is 36.5. The summed E-state index contributed by atoms with van der Waals surface area (Å²) in [7, 11) is -9.95. The van der Waals surface area contributed by atoms with Gasteiger partial charge in [-0.1, -0.05) is 23.2 Å². The monoisotopic (exact) mass is 1350 g/mol. The third kappa shape index (κ3) is 24.0. The average molecular weight is 1360 g/mol. The molecule has 4 aliphatic rings. The minimum absolute atomic E-state index is 0. The first-order valence-electron chi connectivity index (χ1n) is 27.9. The van der Waals surface area contributed by atoms with Crippen molar-refractivity contribution < 1.29 is 118 Å². The van der Waals surface area contributed by atoms with Gasteiger partial charge in [-0.15, -0.1) is 0 Å². The van der Waals surface area contributed by atoms with Gasteiger partial charge < -0.3 is 51.5 Å².